The average Bonchev–Trinajstić information content (AvgIpc) is 2.47. The second-order valence-electron chi connectivity index (χ2n) is 3.97. The number of halogens is 1. The molecule has 0 unspecified atom stereocenters. The number of oxime groups is 1. The van der Waals surface area contributed by atoms with E-state index in [1.54, 1.807) is 18.3 Å². The van der Waals surface area contributed by atoms with Crippen molar-refractivity contribution in [2.24, 2.45) is 5.16 Å². The summed E-state index contributed by atoms with van der Waals surface area (Å²) in [6.07, 6.45) is 1.56. The quantitative estimate of drug-likeness (QED) is 0.673. The Morgan fingerprint density at radius 2 is 1.85 bits per heavy atom. The number of anilines is 1. The van der Waals surface area contributed by atoms with E-state index >= 15 is 0 Å². The first-order valence-corrected chi connectivity index (χ1v) is 6.79. The lowest BCUT2D eigenvalue weighted by molar-refractivity contribution is -0.120. The van der Waals surface area contributed by atoms with Gasteiger partial charge in [0, 0.05) is 10.2 Å². The topological polar surface area (TPSA) is 50.7 Å². The van der Waals surface area contributed by atoms with Gasteiger partial charge in [-0.05, 0) is 29.8 Å². The summed E-state index contributed by atoms with van der Waals surface area (Å²) in [7, 11) is 0. The van der Waals surface area contributed by atoms with Crippen molar-refractivity contribution in [2.45, 2.75) is 0 Å². The highest BCUT2D eigenvalue weighted by molar-refractivity contribution is 9.10. The van der Waals surface area contributed by atoms with Gasteiger partial charge in [-0.2, -0.15) is 0 Å². The fraction of sp³-hybridized carbons (Fsp3) is 0.0667. The third-order valence-corrected chi connectivity index (χ3v) is 2.93. The van der Waals surface area contributed by atoms with E-state index in [1.807, 2.05) is 42.5 Å². The van der Waals surface area contributed by atoms with Gasteiger partial charge in [0.05, 0.1) is 6.21 Å². The fourth-order valence-electron chi connectivity index (χ4n) is 1.46. The molecule has 5 heteroatoms. The zero-order valence-corrected chi connectivity index (χ0v) is 12.2. The van der Waals surface area contributed by atoms with Crippen LogP contribution in [0.4, 0.5) is 5.69 Å². The maximum atomic E-state index is 11.6. The van der Waals surface area contributed by atoms with Crippen LogP contribution in [0.25, 0.3) is 0 Å². The first-order valence-electron chi connectivity index (χ1n) is 6.00. The molecule has 0 aliphatic carbocycles. The summed E-state index contributed by atoms with van der Waals surface area (Å²) in [5.74, 6) is -0.252. The van der Waals surface area contributed by atoms with Crippen LogP contribution >= 0.6 is 15.9 Å². The number of hydrogen-bond donors (Lipinski definition) is 1. The lowest BCUT2D eigenvalue weighted by Gasteiger charge is -2.04. The minimum absolute atomic E-state index is 0.126. The summed E-state index contributed by atoms with van der Waals surface area (Å²) in [6.45, 7) is -0.126. The van der Waals surface area contributed by atoms with Crippen molar-refractivity contribution in [3.63, 3.8) is 0 Å². The molecule has 2 aromatic rings. The van der Waals surface area contributed by atoms with Crippen LogP contribution in [0, 0.1) is 0 Å². The molecule has 1 amide bonds. The molecule has 0 radical (unpaired) electrons. The molecule has 102 valence electrons. The molecule has 0 heterocycles. The highest BCUT2D eigenvalue weighted by Gasteiger charge is 2.02. The van der Waals surface area contributed by atoms with Crippen molar-refractivity contribution in [1.29, 1.82) is 0 Å². The molecule has 2 aromatic carbocycles. The number of carbonyl (C=O) groups is 1. The van der Waals surface area contributed by atoms with E-state index in [0.717, 1.165) is 10.0 Å². The average molecular weight is 333 g/mol. The third kappa shape index (κ3) is 4.85. The summed E-state index contributed by atoms with van der Waals surface area (Å²) in [5, 5.41) is 6.45. The van der Waals surface area contributed by atoms with Gasteiger partial charge in [-0.25, -0.2) is 0 Å². The van der Waals surface area contributed by atoms with Crippen LogP contribution < -0.4 is 5.32 Å². The maximum Gasteiger partial charge on any atom is 0.265 e. The Balaban J connectivity index is 1.75. The van der Waals surface area contributed by atoms with E-state index in [-0.39, 0.29) is 12.5 Å². The number of amides is 1. The molecule has 0 spiro atoms. The molecule has 0 fully saturated rings. The Labute approximate surface area is 125 Å². The van der Waals surface area contributed by atoms with Crippen LogP contribution in [0.3, 0.4) is 0 Å². The van der Waals surface area contributed by atoms with Crippen LogP contribution in [-0.2, 0) is 9.63 Å². The van der Waals surface area contributed by atoms with Crippen LogP contribution in [0.2, 0.25) is 0 Å². The van der Waals surface area contributed by atoms with Crippen LogP contribution in [-0.4, -0.2) is 18.7 Å². The zero-order valence-electron chi connectivity index (χ0n) is 10.6. The highest BCUT2D eigenvalue weighted by Crippen LogP contribution is 2.13. The van der Waals surface area contributed by atoms with Crippen molar-refractivity contribution < 1.29 is 9.63 Å². The highest BCUT2D eigenvalue weighted by atomic mass is 79.9. The largest absolute Gasteiger partial charge is 0.386 e. The third-order valence-electron chi connectivity index (χ3n) is 2.40. The zero-order chi connectivity index (χ0) is 14.2. The number of hydrogen-bond acceptors (Lipinski definition) is 3. The number of rotatable bonds is 5. The van der Waals surface area contributed by atoms with Crippen molar-refractivity contribution in [3.05, 3.63) is 64.6 Å². The Morgan fingerprint density at radius 3 is 2.55 bits per heavy atom. The molecule has 0 atom stereocenters. The summed E-state index contributed by atoms with van der Waals surface area (Å²) < 4.78 is 0.958. The molecule has 4 nitrogen and oxygen atoms in total. The first-order chi connectivity index (χ1) is 9.74. The molecule has 0 saturated heterocycles. The van der Waals surface area contributed by atoms with E-state index in [9.17, 15) is 4.79 Å². The van der Waals surface area contributed by atoms with Gasteiger partial charge in [-0.3, -0.25) is 4.79 Å². The van der Waals surface area contributed by atoms with Crippen molar-refractivity contribution in [3.8, 4) is 0 Å². The monoisotopic (exact) mass is 332 g/mol. The van der Waals surface area contributed by atoms with Gasteiger partial charge >= 0.3 is 0 Å². The van der Waals surface area contributed by atoms with E-state index in [0.29, 0.717) is 5.69 Å². The molecular weight excluding hydrogens is 320 g/mol. The van der Waals surface area contributed by atoms with E-state index < -0.39 is 0 Å². The number of nitrogens with zero attached hydrogens (tertiary/aromatic N) is 1. The standard InChI is InChI=1S/C15H13BrN2O2/c16-13-6-8-14(9-7-13)18-15(19)11-20-17-10-12-4-2-1-3-5-12/h1-10H,11H2,(H,18,19)/b17-10+. The maximum absolute atomic E-state index is 11.6. The Hall–Kier alpha value is -2.14. The lowest BCUT2D eigenvalue weighted by Crippen LogP contribution is -2.16. The Bertz CT molecular complexity index is 583. The van der Waals surface area contributed by atoms with Crippen molar-refractivity contribution in [1.82, 2.24) is 0 Å². The van der Waals surface area contributed by atoms with E-state index in [4.69, 9.17) is 4.84 Å². The number of nitrogens with one attached hydrogen (secondary N) is 1. The predicted molar refractivity (Wildman–Crippen MR) is 82.8 cm³/mol. The van der Waals surface area contributed by atoms with Crippen LogP contribution in [0.15, 0.2) is 64.2 Å². The molecule has 20 heavy (non-hydrogen) atoms. The van der Waals surface area contributed by atoms with Gasteiger partial charge in [0.2, 0.25) is 0 Å². The summed E-state index contributed by atoms with van der Waals surface area (Å²) in [5.41, 5.74) is 1.63. The fourth-order valence-corrected chi connectivity index (χ4v) is 1.73. The van der Waals surface area contributed by atoms with Gasteiger partial charge in [-0.15, -0.1) is 0 Å². The SMILES string of the molecule is O=C(CO/N=C/c1ccccc1)Nc1ccc(Br)cc1. The molecule has 0 aliphatic rings. The lowest BCUT2D eigenvalue weighted by atomic mass is 10.2. The smallest absolute Gasteiger partial charge is 0.265 e. The summed E-state index contributed by atoms with van der Waals surface area (Å²) in [6, 6.07) is 16.8. The minimum atomic E-state index is -0.252. The molecule has 0 aromatic heterocycles. The van der Waals surface area contributed by atoms with Gasteiger partial charge in [-0.1, -0.05) is 51.4 Å². The molecule has 1 N–H and O–H groups in total. The molecular formula is C15H13BrN2O2. The minimum Gasteiger partial charge on any atom is -0.386 e. The normalized spacial score (nSPS) is 10.4. The first kappa shape index (κ1) is 14.3. The second-order valence-corrected chi connectivity index (χ2v) is 4.89. The number of carbonyl (C=O) groups excluding carboxylic acids is 1. The molecule has 0 aliphatic heterocycles. The van der Waals surface area contributed by atoms with Crippen LogP contribution in [0.1, 0.15) is 5.56 Å². The van der Waals surface area contributed by atoms with E-state index in [1.165, 1.54) is 0 Å². The Morgan fingerprint density at radius 1 is 1.15 bits per heavy atom. The number of benzene rings is 2. The molecule has 2 rings (SSSR count). The van der Waals surface area contributed by atoms with Gasteiger partial charge in [0.15, 0.2) is 6.61 Å². The second kappa shape index (κ2) is 7.45. The van der Waals surface area contributed by atoms with Gasteiger partial charge in [0.1, 0.15) is 0 Å². The van der Waals surface area contributed by atoms with Crippen molar-refractivity contribution >= 4 is 33.7 Å². The van der Waals surface area contributed by atoms with E-state index in [2.05, 4.69) is 26.4 Å². The Kier molecular flexibility index (Phi) is 5.32. The predicted octanol–water partition coefficient (Wildman–Crippen LogP) is 3.44. The van der Waals surface area contributed by atoms with Crippen molar-refractivity contribution in [2.75, 3.05) is 11.9 Å². The van der Waals surface area contributed by atoms with Crippen LogP contribution in [0.5, 0.6) is 0 Å². The molecule has 0 bridgehead atoms. The summed E-state index contributed by atoms with van der Waals surface area (Å²) >= 11 is 3.33. The van der Waals surface area contributed by atoms with Gasteiger partial charge in [0.25, 0.3) is 5.91 Å². The summed E-state index contributed by atoms with van der Waals surface area (Å²) in [4.78, 5) is 16.5. The molecule has 0 saturated carbocycles. The van der Waals surface area contributed by atoms with Gasteiger partial charge < -0.3 is 10.2 Å².